The van der Waals surface area contributed by atoms with E-state index < -0.39 is 0 Å². The smallest absolute Gasteiger partial charge is 0.245 e. The fraction of sp³-hybridized carbons (Fsp3) is 0.421. The van der Waals surface area contributed by atoms with E-state index in [1.807, 2.05) is 30.3 Å². The van der Waals surface area contributed by atoms with Crippen LogP contribution in [0.3, 0.4) is 0 Å². The van der Waals surface area contributed by atoms with Crippen molar-refractivity contribution in [1.82, 2.24) is 10.1 Å². The minimum atomic E-state index is -0.302. The Labute approximate surface area is 153 Å². The Morgan fingerprint density at radius 2 is 2.04 bits per heavy atom. The van der Waals surface area contributed by atoms with Crippen molar-refractivity contribution in [3.63, 3.8) is 0 Å². The number of amides is 2. The third-order valence-electron chi connectivity index (χ3n) is 3.83. The van der Waals surface area contributed by atoms with Crippen LogP contribution in [0, 0.1) is 6.92 Å². The number of aryl methyl sites for hydroxylation is 2. The number of rotatable bonds is 10. The van der Waals surface area contributed by atoms with E-state index in [1.165, 1.54) is 0 Å². The first-order chi connectivity index (χ1) is 12.6. The van der Waals surface area contributed by atoms with Crippen molar-refractivity contribution in [2.45, 2.75) is 26.2 Å². The second-order valence-corrected chi connectivity index (χ2v) is 6.02. The Balaban J connectivity index is 1.90. The first-order valence-electron chi connectivity index (χ1n) is 8.62. The van der Waals surface area contributed by atoms with Gasteiger partial charge in [-0.1, -0.05) is 35.5 Å². The van der Waals surface area contributed by atoms with Crippen molar-refractivity contribution >= 4 is 17.6 Å². The maximum absolute atomic E-state index is 12.6. The zero-order valence-corrected chi connectivity index (χ0v) is 15.2. The van der Waals surface area contributed by atoms with Crippen LogP contribution in [0.4, 0.5) is 5.82 Å². The second kappa shape index (κ2) is 10.4. The number of anilines is 1. The molecular weight excluding hydrogens is 334 g/mol. The second-order valence-electron chi connectivity index (χ2n) is 6.02. The molecule has 1 N–H and O–H groups in total. The minimum absolute atomic E-state index is 0.0246. The predicted octanol–water partition coefficient (Wildman–Crippen LogP) is 2.42. The van der Waals surface area contributed by atoms with Gasteiger partial charge in [-0.05, 0) is 25.3 Å². The molecule has 0 saturated heterocycles. The lowest BCUT2D eigenvalue weighted by Gasteiger charge is -2.22. The number of hydrogen-bond donors (Lipinski definition) is 1. The summed E-state index contributed by atoms with van der Waals surface area (Å²) in [4.78, 5) is 26.4. The van der Waals surface area contributed by atoms with Crippen LogP contribution in [0.1, 0.15) is 24.2 Å². The Morgan fingerprint density at radius 1 is 1.27 bits per heavy atom. The molecule has 1 heterocycles. The molecule has 1 aromatic heterocycles. The zero-order chi connectivity index (χ0) is 18.8. The number of hydrogen-bond acceptors (Lipinski definition) is 5. The number of carbonyl (C=O) groups is 2. The van der Waals surface area contributed by atoms with Gasteiger partial charge in [-0.15, -0.1) is 0 Å². The lowest BCUT2D eigenvalue weighted by Crippen LogP contribution is -2.39. The van der Waals surface area contributed by atoms with E-state index in [1.54, 1.807) is 25.0 Å². The van der Waals surface area contributed by atoms with Crippen molar-refractivity contribution < 1.29 is 18.8 Å². The van der Waals surface area contributed by atoms with Gasteiger partial charge in [-0.3, -0.25) is 9.59 Å². The molecule has 0 saturated carbocycles. The number of benzene rings is 1. The molecular formula is C19H25N3O4. The Bertz CT molecular complexity index is 700. The number of aromatic nitrogens is 1. The van der Waals surface area contributed by atoms with Gasteiger partial charge in [-0.25, -0.2) is 0 Å². The normalized spacial score (nSPS) is 10.5. The van der Waals surface area contributed by atoms with Crippen molar-refractivity contribution in [2.75, 3.05) is 32.1 Å². The van der Waals surface area contributed by atoms with E-state index in [2.05, 4.69) is 10.5 Å². The molecule has 0 aliphatic heterocycles. The van der Waals surface area contributed by atoms with Gasteiger partial charge in [0.15, 0.2) is 5.82 Å². The number of methoxy groups -OCH3 is 1. The average molecular weight is 359 g/mol. The average Bonchev–Trinajstić information content (AvgIpc) is 3.04. The van der Waals surface area contributed by atoms with Gasteiger partial charge in [0, 0.05) is 32.7 Å². The van der Waals surface area contributed by atoms with Crippen molar-refractivity contribution in [3.8, 4) is 0 Å². The first kappa shape index (κ1) is 19.7. The maximum atomic E-state index is 12.6. The van der Waals surface area contributed by atoms with E-state index in [-0.39, 0.29) is 18.4 Å². The highest BCUT2D eigenvalue weighted by atomic mass is 16.5. The molecule has 7 heteroatoms. The van der Waals surface area contributed by atoms with Crippen molar-refractivity contribution in [1.29, 1.82) is 0 Å². The summed E-state index contributed by atoms with van der Waals surface area (Å²) in [7, 11) is 1.61. The van der Waals surface area contributed by atoms with Crippen LogP contribution in [-0.2, 0) is 20.7 Å². The molecule has 7 nitrogen and oxygen atoms in total. The fourth-order valence-electron chi connectivity index (χ4n) is 2.53. The van der Waals surface area contributed by atoms with Crippen LogP contribution in [0.15, 0.2) is 40.9 Å². The molecule has 2 aromatic rings. The molecule has 0 spiro atoms. The zero-order valence-electron chi connectivity index (χ0n) is 15.2. The largest absolute Gasteiger partial charge is 0.385 e. The van der Waals surface area contributed by atoms with E-state index in [0.717, 1.165) is 5.56 Å². The molecule has 2 amide bonds. The van der Waals surface area contributed by atoms with Gasteiger partial charge >= 0.3 is 0 Å². The first-order valence-corrected chi connectivity index (χ1v) is 8.62. The maximum Gasteiger partial charge on any atom is 0.245 e. The number of nitrogens with zero attached hydrogens (tertiary/aromatic N) is 2. The van der Waals surface area contributed by atoms with Crippen LogP contribution in [-0.4, -0.2) is 48.7 Å². The van der Waals surface area contributed by atoms with Crippen molar-refractivity contribution in [2.24, 2.45) is 0 Å². The SMILES string of the molecule is COCCCN(CC(=O)Nc1cc(C)on1)C(=O)CCc1ccccc1. The molecule has 0 unspecified atom stereocenters. The molecule has 0 fully saturated rings. The van der Waals surface area contributed by atoms with E-state index in [4.69, 9.17) is 9.26 Å². The van der Waals surface area contributed by atoms with E-state index in [9.17, 15) is 9.59 Å². The minimum Gasteiger partial charge on any atom is -0.385 e. The lowest BCUT2D eigenvalue weighted by atomic mass is 10.1. The molecule has 26 heavy (non-hydrogen) atoms. The summed E-state index contributed by atoms with van der Waals surface area (Å²) in [5, 5.41) is 6.37. The molecule has 0 aliphatic rings. The standard InChI is InChI=1S/C19H25N3O4/c1-15-13-17(21-26-15)20-18(23)14-22(11-6-12-25-2)19(24)10-9-16-7-4-3-5-8-16/h3-5,7-8,13H,6,9-12,14H2,1-2H3,(H,20,21,23). The Morgan fingerprint density at radius 3 is 2.69 bits per heavy atom. The van der Waals surface area contributed by atoms with Crippen LogP contribution >= 0.6 is 0 Å². The summed E-state index contributed by atoms with van der Waals surface area (Å²) >= 11 is 0. The molecule has 2 rings (SSSR count). The third kappa shape index (κ3) is 6.68. The summed E-state index contributed by atoms with van der Waals surface area (Å²) in [6.07, 6.45) is 1.67. The highest BCUT2D eigenvalue weighted by molar-refractivity contribution is 5.93. The number of carbonyl (C=O) groups excluding carboxylic acids is 2. The molecule has 0 radical (unpaired) electrons. The van der Waals surface area contributed by atoms with E-state index in [0.29, 0.717) is 44.0 Å². The number of ether oxygens (including phenoxy) is 1. The van der Waals surface area contributed by atoms with Crippen LogP contribution in [0.25, 0.3) is 0 Å². The van der Waals surface area contributed by atoms with Crippen LogP contribution < -0.4 is 5.32 Å². The summed E-state index contributed by atoms with van der Waals surface area (Å²) in [5.74, 6) is 0.595. The molecule has 0 bridgehead atoms. The van der Waals surface area contributed by atoms with Gasteiger partial charge in [0.1, 0.15) is 5.76 Å². The van der Waals surface area contributed by atoms with Gasteiger partial charge in [0.05, 0.1) is 6.54 Å². The molecule has 0 atom stereocenters. The van der Waals surface area contributed by atoms with Crippen LogP contribution in [0.2, 0.25) is 0 Å². The molecule has 0 aliphatic carbocycles. The Hall–Kier alpha value is -2.67. The van der Waals surface area contributed by atoms with E-state index >= 15 is 0 Å². The number of nitrogens with one attached hydrogen (secondary N) is 1. The lowest BCUT2D eigenvalue weighted by molar-refractivity contribution is -0.134. The van der Waals surface area contributed by atoms with Gasteiger partial charge in [-0.2, -0.15) is 0 Å². The summed E-state index contributed by atoms with van der Waals surface area (Å²) in [5.41, 5.74) is 1.10. The quantitative estimate of drug-likeness (QED) is 0.659. The third-order valence-corrected chi connectivity index (χ3v) is 3.83. The fourth-order valence-corrected chi connectivity index (χ4v) is 2.53. The van der Waals surface area contributed by atoms with Gasteiger partial charge < -0.3 is 19.5 Å². The summed E-state index contributed by atoms with van der Waals surface area (Å²) in [6.45, 7) is 2.72. The monoisotopic (exact) mass is 359 g/mol. The predicted molar refractivity (Wildman–Crippen MR) is 97.7 cm³/mol. The van der Waals surface area contributed by atoms with Crippen molar-refractivity contribution in [3.05, 3.63) is 47.7 Å². The van der Waals surface area contributed by atoms with Gasteiger partial charge in [0.25, 0.3) is 0 Å². The Kier molecular flexibility index (Phi) is 7.82. The highest BCUT2D eigenvalue weighted by Crippen LogP contribution is 2.09. The summed E-state index contributed by atoms with van der Waals surface area (Å²) < 4.78 is 9.97. The molecule has 140 valence electrons. The highest BCUT2D eigenvalue weighted by Gasteiger charge is 2.17. The summed E-state index contributed by atoms with van der Waals surface area (Å²) in [6, 6.07) is 11.4. The topological polar surface area (TPSA) is 84.7 Å². The van der Waals surface area contributed by atoms with Crippen LogP contribution in [0.5, 0.6) is 0 Å². The van der Waals surface area contributed by atoms with Gasteiger partial charge in [0.2, 0.25) is 11.8 Å². The molecule has 1 aromatic carbocycles.